The molecule has 0 bridgehead atoms. The number of ether oxygens (including phenoxy) is 4. The van der Waals surface area contributed by atoms with Gasteiger partial charge in [-0.3, -0.25) is 0 Å². The second-order valence-electron chi connectivity index (χ2n) is 5.48. The van der Waals surface area contributed by atoms with Crippen molar-refractivity contribution >= 4 is 23.2 Å². The van der Waals surface area contributed by atoms with Crippen molar-refractivity contribution < 1.29 is 18.9 Å². The molecule has 0 fully saturated rings. The lowest BCUT2D eigenvalue weighted by atomic mass is 9.76. The van der Waals surface area contributed by atoms with E-state index in [2.05, 4.69) is 0 Å². The van der Waals surface area contributed by atoms with Gasteiger partial charge in [-0.15, -0.1) is 23.2 Å². The standard InChI is InChI=1S/C19H22Cl2O4/c1-22-13-5-7-17(24-3)15(9-13)19(11-20,12-21)16-10-14(23-2)6-8-18(16)25-4/h5-10H,11-12H2,1-4H3. The van der Waals surface area contributed by atoms with Gasteiger partial charge in [0.1, 0.15) is 23.0 Å². The summed E-state index contributed by atoms with van der Waals surface area (Å²) in [6, 6.07) is 11.1. The molecule has 25 heavy (non-hydrogen) atoms. The third-order valence-electron chi connectivity index (χ3n) is 4.30. The Hall–Kier alpha value is -1.78. The lowest BCUT2D eigenvalue weighted by Gasteiger charge is -2.33. The minimum atomic E-state index is -0.747. The summed E-state index contributed by atoms with van der Waals surface area (Å²) in [5.74, 6) is 3.18. The van der Waals surface area contributed by atoms with E-state index in [0.29, 0.717) is 23.0 Å². The van der Waals surface area contributed by atoms with Crippen LogP contribution in [0.2, 0.25) is 0 Å². The van der Waals surface area contributed by atoms with E-state index in [9.17, 15) is 0 Å². The summed E-state index contributed by atoms with van der Waals surface area (Å²) in [5.41, 5.74) is 0.903. The highest BCUT2D eigenvalue weighted by Gasteiger charge is 2.38. The van der Waals surface area contributed by atoms with Crippen molar-refractivity contribution in [3.8, 4) is 23.0 Å². The fraction of sp³-hybridized carbons (Fsp3) is 0.368. The highest BCUT2D eigenvalue weighted by atomic mass is 35.5. The Bertz CT molecular complexity index is 657. The number of methoxy groups -OCH3 is 4. The maximum absolute atomic E-state index is 6.47. The monoisotopic (exact) mass is 384 g/mol. The molecule has 0 aliphatic heterocycles. The Labute approximate surface area is 158 Å². The van der Waals surface area contributed by atoms with Gasteiger partial charge in [-0.05, 0) is 36.4 Å². The van der Waals surface area contributed by atoms with Crippen molar-refractivity contribution in [3.05, 3.63) is 47.5 Å². The van der Waals surface area contributed by atoms with Crippen LogP contribution in [0.5, 0.6) is 23.0 Å². The van der Waals surface area contributed by atoms with Gasteiger partial charge in [-0.25, -0.2) is 0 Å². The highest BCUT2D eigenvalue weighted by molar-refractivity contribution is 6.22. The average molecular weight is 385 g/mol. The van der Waals surface area contributed by atoms with Gasteiger partial charge < -0.3 is 18.9 Å². The molecule has 0 aliphatic carbocycles. The lowest BCUT2D eigenvalue weighted by Crippen LogP contribution is -2.33. The van der Waals surface area contributed by atoms with E-state index in [4.69, 9.17) is 42.1 Å². The van der Waals surface area contributed by atoms with Crippen LogP contribution in [0, 0.1) is 0 Å². The first-order valence-corrected chi connectivity index (χ1v) is 8.74. The number of rotatable bonds is 8. The van der Waals surface area contributed by atoms with Crippen molar-refractivity contribution in [3.63, 3.8) is 0 Å². The van der Waals surface area contributed by atoms with Gasteiger partial charge in [-0.2, -0.15) is 0 Å². The summed E-state index contributed by atoms with van der Waals surface area (Å²) < 4.78 is 21.9. The van der Waals surface area contributed by atoms with Gasteiger partial charge in [-0.1, -0.05) is 0 Å². The van der Waals surface area contributed by atoms with Crippen LogP contribution in [0.15, 0.2) is 36.4 Å². The summed E-state index contributed by atoms with van der Waals surface area (Å²) >= 11 is 12.9. The molecule has 0 atom stereocenters. The molecule has 136 valence electrons. The minimum Gasteiger partial charge on any atom is -0.497 e. The predicted molar refractivity (Wildman–Crippen MR) is 101 cm³/mol. The lowest BCUT2D eigenvalue weighted by molar-refractivity contribution is 0.380. The first-order valence-electron chi connectivity index (χ1n) is 7.67. The van der Waals surface area contributed by atoms with Crippen LogP contribution in [0.3, 0.4) is 0 Å². The number of hydrogen-bond donors (Lipinski definition) is 0. The Kier molecular flexibility index (Phi) is 6.68. The zero-order valence-electron chi connectivity index (χ0n) is 14.8. The first-order chi connectivity index (χ1) is 12.1. The van der Waals surface area contributed by atoms with Crippen molar-refractivity contribution in [2.24, 2.45) is 0 Å². The molecule has 0 spiro atoms. The van der Waals surface area contributed by atoms with Gasteiger partial charge >= 0.3 is 0 Å². The third kappa shape index (κ3) is 3.60. The van der Waals surface area contributed by atoms with Crippen LogP contribution >= 0.6 is 23.2 Å². The molecule has 0 radical (unpaired) electrons. The Morgan fingerprint density at radius 2 is 1.08 bits per heavy atom. The molecule has 0 N–H and O–H groups in total. The minimum absolute atomic E-state index is 0.226. The van der Waals surface area contributed by atoms with Gasteiger partial charge in [0.15, 0.2) is 0 Å². The molecule has 0 saturated carbocycles. The Balaban J connectivity index is 2.80. The number of halogens is 2. The predicted octanol–water partition coefficient (Wildman–Crippen LogP) is 4.48. The van der Waals surface area contributed by atoms with Gasteiger partial charge in [0.25, 0.3) is 0 Å². The zero-order chi connectivity index (χ0) is 18.4. The van der Waals surface area contributed by atoms with Crippen LogP contribution in [0.25, 0.3) is 0 Å². The highest BCUT2D eigenvalue weighted by Crippen LogP contribution is 2.45. The molecule has 2 rings (SSSR count). The van der Waals surface area contributed by atoms with Gasteiger partial charge in [0.05, 0.1) is 33.9 Å². The molecule has 0 aliphatic rings. The largest absolute Gasteiger partial charge is 0.497 e. The van der Waals surface area contributed by atoms with E-state index in [1.54, 1.807) is 28.4 Å². The molecule has 0 heterocycles. The van der Waals surface area contributed by atoms with E-state index in [1.807, 2.05) is 36.4 Å². The molecule has 0 amide bonds. The Morgan fingerprint density at radius 1 is 0.680 bits per heavy atom. The molecule has 2 aromatic rings. The van der Waals surface area contributed by atoms with Crippen molar-refractivity contribution in [1.29, 1.82) is 0 Å². The van der Waals surface area contributed by atoms with Crippen LogP contribution in [0.1, 0.15) is 11.1 Å². The van der Waals surface area contributed by atoms with E-state index in [0.717, 1.165) is 11.1 Å². The zero-order valence-corrected chi connectivity index (χ0v) is 16.3. The van der Waals surface area contributed by atoms with Crippen LogP contribution < -0.4 is 18.9 Å². The molecule has 0 saturated heterocycles. The second kappa shape index (κ2) is 8.54. The third-order valence-corrected chi connectivity index (χ3v) is 5.21. The van der Waals surface area contributed by atoms with E-state index < -0.39 is 5.41 Å². The Morgan fingerprint density at radius 3 is 1.36 bits per heavy atom. The number of alkyl halides is 2. The summed E-state index contributed by atoms with van der Waals surface area (Å²) in [5, 5.41) is 0. The average Bonchev–Trinajstić information content (AvgIpc) is 2.69. The van der Waals surface area contributed by atoms with E-state index in [-0.39, 0.29) is 11.8 Å². The topological polar surface area (TPSA) is 36.9 Å². The maximum atomic E-state index is 6.47. The quantitative estimate of drug-likeness (QED) is 0.628. The van der Waals surface area contributed by atoms with Crippen molar-refractivity contribution in [2.45, 2.75) is 5.41 Å². The van der Waals surface area contributed by atoms with E-state index in [1.165, 1.54) is 0 Å². The SMILES string of the molecule is COc1ccc(OC)c(C(CCl)(CCl)c2cc(OC)ccc2OC)c1. The summed E-state index contributed by atoms with van der Waals surface area (Å²) in [6.07, 6.45) is 0. The smallest absolute Gasteiger partial charge is 0.123 e. The first kappa shape index (κ1) is 19.5. The molecular weight excluding hydrogens is 363 g/mol. The fourth-order valence-corrected chi connectivity index (χ4v) is 3.71. The number of hydrogen-bond acceptors (Lipinski definition) is 4. The molecule has 0 aromatic heterocycles. The number of benzene rings is 2. The summed E-state index contributed by atoms with van der Waals surface area (Å²) in [7, 11) is 6.45. The van der Waals surface area contributed by atoms with Crippen molar-refractivity contribution in [2.75, 3.05) is 40.2 Å². The van der Waals surface area contributed by atoms with Gasteiger partial charge in [0, 0.05) is 22.9 Å². The van der Waals surface area contributed by atoms with Crippen LogP contribution in [-0.4, -0.2) is 40.2 Å². The molecule has 0 unspecified atom stereocenters. The molecular formula is C19H22Cl2O4. The normalized spacial score (nSPS) is 11.1. The van der Waals surface area contributed by atoms with Gasteiger partial charge in [0.2, 0.25) is 0 Å². The fourth-order valence-electron chi connectivity index (χ4n) is 2.84. The molecule has 4 nitrogen and oxygen atoms in total. The van der Waals surface area contributed by atoms with Crippen LogP contribution in [-0.2, 0) is 5.41 Å². The summed E-state index contributed by atoms with van der Waals surface area (Å²) in [4.78, 5) is 0. The molecule has 2 aromatic carbocycles. The van der Waals surface area contributed by atoms with Crippen LogP contribution in [0.4, 0.5) is 0 Å². The van der Waals surface area contributed by atoms with Crippen molar-refractivity contribution in [1.82, 2.24) is 0 Å². The molecule has 6 heteroatoms. The summed E-state index contributed by atoms with van der Waals surface area (Å²) in [6.45, 7) is 0. The maximum Gasteiger partial charge on any atom is 0.123 e. The van der Waals surface area contributed by atoms with E-state index >= 15 is 0 Å². The second-order valence-corrected chi connectivity index (χ2v) is 6.02.